The minimum atomic E-state index is -0.734. The first-order valence-corrected chi connectivity index (χ1v) is 10.1. The minimum absolute atomic E-state index is 0.0762. The predicted octanol–water partition coefficient (Wildman–Crippen LogP) is 1.35. The number of hydrogen-bond acceptors (Lipinski definition) is 6. The third-order valence-electron chi connectivity index (χ3n) is 5.40. The normalized spacial score (nSPS) is 18.3. The Morgan fingerprint density at radius 3 is 2.38 bits per heavy atom. The smallest absolute Gasteiger partial charge is 0.238 e. The molecule has 0 unspecified atom stereocenters. The molecule has 0 bridgehead atoms. The van der Waals surface area contributed by atoms with Crippen LogP contribution < -0.4 is 15.5 Å². The van der Waals surface area contributed by atoms with Gasteiger partial charge in [-0.25, -0.2) is 0 Å². The van der Waals surface area contributed by atoms with E-state index >= 15 is 0 Å². The molecule has 2 amide bonds. The van der Waals surface area contributed by atoms with Gasteiger partial charge >= 0.3 is 0 Å². The van der Waals surface area contributed by atoms with Crippen LogP contribution in [0.5, 0.6) is 0 Å². The van der Waals surface area contributed by atoms with Crippen LogP contribution in [0.3, 0.4) is 0 Å². The zero-order valence-electron chi connectivity index (χ0n) is 16.9. The van der Waals surface area contributed by atoms with Crippen LogP contribution in [-0.4, -0.2) is 68.7 Å². The molecule has 1 aliphatic carbocycles. The number of nitrogens with one attached hydrogen (secondary N) is 2. The zero-order chi connectivity index (χ0) is 20.7. The second-order valence-electron chi connectivity index (χ2n) is 7.82. The van der Waals surface area contributed by atoms with Crippen LogP contribution in [0.1, 0.15) is 25.7 Å². The number of carbonyl (C=O) groups excluding carboxylic acids is 2. The van der Waals surface area contributed by atoms with Gasteiger partial charge in [0.15, 0.2) is 0 Å². The molecule has 1 aliphatic heterocycles. The number of nitriles is 1. The largest absolute Gasteiger partial charge is 0.378 e. The molecule has 29 heavy (non-hydrogen) atoms. The van der Waals surface area contributed by atoms with Crippen molar-refractivity contribution in [2.24, 2.45) is 0 Å². The van der Waals surface area contributed by atoms with Gasteiger partial charge in [-0.2, -0.15) is 5.26 Å². The molecule has 1 heterocycles. The summed E-state index contributed by atoms with van der Waals surface area (Å²) in [6.07, 6.45) is 3.30. The highest BCUT2D eigenvalue weighted by atomic mass is 16.5. The Hall–Kier alpha value is -2.63. The topological polar surface area (TPSA) is 97.7 Å². The molecule has 1 saturated carbocycles. The summed E-state index contributed by atoms with van der Waals surface area (Å²) in [4.78, 5) is 28.4. The molecule has 156 valence electrons. The summed E-state index contributed by atoms with van der Waals surface area (Å²) in [5.74, 6) is -0.408. The number of rotatable bonds is 7. The maximum atomic E-state index is 12.3. The van der Waals surface area contributed by atoms with Crippen molar-refractivity contribution >= 4 is 23.2 Å². The molecule has 2 N–H and O–H groups in total. The summed E-state index contributed by atoms with van der Waals surface area (Å²) in [5.41, 5.74) is 1.10. The second-order valence-corrected chi connectivity index (χ2v) is 7.82. The Kier molecular flexibility index (Phi) is 7.07. The summed E-state index contributed by atoms with van der Waals surface area (Å²) in [6.45, 7) is 3.37. The van der Waals surface area contributed by atoms with E-state index in [-0.39, 0.29) is 24.9 Å². The van der Waals surface area contributed by atoms with E-state index in [1.807, 2.05) is 24.3 Å². The van der Waals surface area contributed by atoms with Gasteiger partial charge < -0.3 is 20.3 Å². The van der Waals surface area contributed by atoms with Crippen LogP contribution in [0.2, 0.25) is 0 Å². The van der Waals surface area contributed by atoms with E-state index in [1.165, 1.54) is 0 Å². The van der Waals surface area contributed by atoms with Gasteiger partial charge in [0.25, 0.3) is 0 Å². The third-order valence-corrected chi connectivity index (χ3v) is 5.40. The highest BCUT2D eigenvalue weighted by Crippen LogP contribution is 2.28. The van der Waals surface area contributed by atoms with Gasteiger partial charge in [-0.1, -0.05) is 0 Å². The van der Waals surface area contributed by atoms with Gasteiger partial charge in [-0.3, -0.25) is 14.5 Å². The van der Waals surface area contributed by atoms with Gasteiger partial charge in [0, 0.05) is 24.5 Å². The lowest BCUT2D eigenvalue weighted by Gasteiger charge is -2.29. The maximum Gasteiger partial charge on any atom is 0.238 e. The van der Waals surface area contributed by atoms with E-state index in [4.69, 9.17) is 4.74 Å². The van der Waals surface area contributed by atoms with Crippen molar-refractivity contribution in [2.75, 3.05) is 56.7 Å². The Bertz CT molecular complexity index is 747. The highest BCUT2D eigenvalue weighted by Gasteiger charge is 2.35. The number of anilines is 2. The highest BCUT2D eigenvalue weighted by molar-refractivity contribution is 5.92. The number of morpholine rings is 1. The summed E-state index contributed by atoms with van der Waals surface area (Å²) in [5, 5.41) is 15.1. The molecule has 0 radical (unpaired) electrons. The van der Waals surface area contributed by atoms with E-state index in [2.05, 4.69) is 21.6 Å². The van der Waals surface area contributed by atoms with Crippen molar-refractivity contribution in [3.63, 3.8) is 0 Å². The van der Waals surface area contributed by atoms with Crippen molar-refractivity contribution in [3.05, 3.63) is 24.3 Å². The lowest BCUT2D eigenvalue weighted by atomic mass is 10.00. The first-order valence-electron chi connectivity index (χ1n) is 10.1. The quantitative estimate of drug-likeness (QED) is 0.718. The van der Waals surface area contributed by atoms with Crippen molar-refractivity contribution in [3.8, 4) is 6.07 Å². The number of ether oxygens (including phenoxy) is 1. The van der Waals surface area contributed by atoms with Crippen LogP contribution in [0.25, 0.3) is 0 Å². The lowest BCUT2D eigenvalue weighted by molar-refractivity contribution is -0.124. The lowest BCUT2D eigenvalue weighted by Crippen LogP contribution is -2.49. The van der Waals surface area contributed by atoms with E-state index in [1.54, 1.807) is 11.9 Å². The minimum Gasteiger partial charge on any atom is -0.378 e. The fourth-order valence-corrected chi connectivity index (χ4v) is 3.87. The molecule has 3 rings (SSSR count). The first kappa shape index (κ1) is 21.1. The molecule has 1 aromatic rings. The van der Waals surface area contributed by atoms with Gasteiger partial charge in [0.2, 0.25) is 11.8 Å². The van der Waals surface area contributed by atoms with Crippen LogP contribution in [-0.2, 0) is 14.3 Å². The molecule has 8 nitrogen and oxygen atoms in total. The number of likely N-dealkylation sites (N-methyl/N-ethyl adjacent to an activating group) is 1. The van der Waals surface area contributed by atoms with E-state index < -0.39 is 5.54 Å². The molecule has 1 aromatic carbocycles. The standard InChI is InChI=1S/C21H29N5O3/c1-25(15-20(28)24-21(16-22)8-2-3-9-21)14-19(27)23-17-4-6-18(7-5-17)26-10-12-29-13-11-26/h4-7H,2-3,8-15H2,1H3,(H,23,27)(H,24,28). The average molecular weight is 399 g/mol. The summed E-state index contributed by atoms with van der Waals surface area (Å²) in [6, 6.07) is 9.98. The molecule has 0 spiro atoms. The number of amides is 2. The van der Waals surface area contributed by atoms with Crippen LogP contribution >= 0.6 is 0 Å². The monoisotopic (exact) mass is 399 g/mol. The van der Waals surface area contributed by atoms with Crippen LogP contribution in [0.4, 0.5) is 11.4 Å². The third kappa shape index (κ3) is 5.92. The fourth-order valence-electron chi connectivity index (χ4n) is 3.87. The van der Waals surface area contributed by atoms with Gasteiger partial charge in [0.05, 0.1) is 32.4 Å². The second kappa shape index (κ2) is 9.72. The first-order chi connectivity index (χ1) is 14.0. The summed E-state index contributed by atoms with van der Waals surface area (Å²) < 4.78 is 5.36. The predicted molar refractivity (Wildman–Crippen MR) is 111 cm³/mol. The number of nitrogens with zero attached hydrogens (tertiary/aromatic N) is 3. The molecule has 2 aliphatic rings. The van der Waals surface area contributed by atoms with Gasteiger partial charge in [-0.15, -0.1) is 0 Å². The van der Waals surface area contributed by atoms with E-state index in [0.717, 1.165) is 50.5 Å². The van der Waals surface area contributed by atoms with Gasteiger partial charge in [0.1, 0.15) is 5.54 Å². The van der Waals surface area contributed by atoms with Crippen molar-refractivity contribution in [1.29, 1.82) is 5.26 Å². The molecule has 0 atom stereocenters. The zero-order valence-corrected chi connectivity index (χ0v) is 16.9. The Labute approximate surface area is 171 Å². The number of benzene rings is 1. The molecule has 8 heteroatoms. The van der Waals surface area contributed by atoms with E-state index in [9.17, 15) is 14.9 Å². The Balaban J connectivity index is 1.43. The van der Waals surface area contributed by atoms with Crippen molar-refractivity contribution < 1.29 is 14.3 Å². The van der Waals surface area contributed by atoms with Crippen molar-refractivity contribution in [2.45, 2.75) is 31.2 Å². The summed E-state index contributed by atoms with van der Waals surface area (Å²) >= 11 is 0. The maximum absolute atomic E-state index is 12.3. The Morgan fingerprint density at radius 2 is 1.76 bits per heavy atom. The number of carbonyl (C=O) groups is 2. The molecular weight excluding hydrogens is 370 g/mol. The molecule has 0 aromatic heterocycles. The van der Waals surface area contributed by atoms with Gasteiger partial charge in [-0.05, 0) is 57.0 Å². The van der Waals surface area contributed by atoms with Crippen molar-refractivity contribution in [1.82, 2.24) is 10.2 Å². The summed E-state index contributed by atoms with van der Waals surface area (Å²) in [7, 11) is 1.72. The SMILES string of the molecule is CN(CC(=O)Nc1ccc(N2CCOCC2)cc1)CC(=O)NC1(C#N)CCCC1. The van der Waals surface area contributed by atoms with E-state index in [0.29, 0.717) is 12.8 Å². The van der Waals surface area contributed by atoms with Crippen LogP contribution in [0.15, 0.2) is 24.3 Å². The van der Waals surface area contributed by atoms with Crippen LogP contribution in [0, 0.1) is 11.3 Å². The Morgan fingerprint density at radius 1 is 1.14 bits per heavy atom. The average Bonchev–Trinajstić information content (AvgIpc) is 3.17. The molecule has 1 saturated heterocycles. The molecular formula is C21H29N5O3. The number of hydrogen-bond donors (Lipinski definition) is 2. The molecule has 2 fully saturated rings. The fraction of sp³-hybridized carbons (Fsp3) is 0.571.